The molecule has 0 unspecified atom stereocenters. The Labute approximate surface area is 347 Å². The SMILES string of the molecule is CC(C)(C)c1ccc2c(c1)B1c3c(cc(-c4ccc5c(c4)oc4c(-c6ccccn6)cccc45)cc3-n3c4ccc(C(C)(C)C)cc4c4cc(C(C)(C)C)cc1c43)[Se]2. The van der Waals surface area contributed by atoms with E-state index >= 15 is 0 Å². The number of fused-ring (bicyclic) bond motifs is 10. The van der Waals surface area contributed by atoms with E-state index in [0.717, 1.165) is 33.2 Å². The Balaban J connectivity index is 1.21. The van der Waals surface area contributed by atoms with Crippen molar-refractivity contribution in [3.63, 3.8) is 0 Å². The van der Waals surface area contributed by atoms with Crippen molar-refractivity contribution in [3.8, 4) is 28.1 Å². The van der Waals surface area contributed by atoms with Crippen LogP contribution in [0, 0.1) is 0 Å². The van der Waals surface area contributed by atoms with Crippen LogP contribution < -0.4 is 25.3 Å². The number of hydrogen-bond donors (Lipinski definition) is 0. The summed E-state index contributed by atoms with van der Waals surface area (Å²) in [6, 6.07) is 43.9. The molecule has 0 N–H and O–H groups in total. The Bertz CT molecular complexity index is 3200. The summed E-state index contributed by atoms with van der Waals surface area (Å²) < 4.78 is 12.3. The average molecular weight is 818 g/mol. The fraction of sp³-hybridized carbons (Fsp3) is 0.226. The average Bonchev–Trinajstić information content (AvgIpc) is 3.74. The molecule has 58 heavy (non-hydrogen) atoms. The predicted octanol–water partition coefficient (Wildman–Crippen LogP) is 10.1. The van der Waals surface area contributed by atoms with E-state index in [0.29, 0.717) is 0 Å². The van der Waals surface area contributed by atoms with E-state index in [4.69, 9.17) is 4.42 Å². The number of nitrogens with zero attached hydrogens (tertiary/aromatic N) is 2. The third kappa shape index (κ3) is 5.29. The zero-order valence-electron chi connectivity index (χ0n) is 34.8. The van der Waals surface area contributed by atoms with Gasteiger partial charge in [-0.2, -0.15) is 0 Å². The van der Waals surface area contributed by atoms with E-state index in [1.807, 2.05) is 18.3 Å². The molecule has 9 aromatic rings. The number of aromatic nitrogens is 2. The number of hydrogen-bond acceptors (Lipinski definition) is 2. The Morgan fingerprint density at radius 2 is 1.31 bits per heavy atom. The summed E-state index contributed by atoms with van der Waals surface area (Å²) in [6.45, 7) is 21.3. The van der Waals surface area contributed by atoms with Gasteiger partial charge in [-0.3, -0.25) is 0 Å². The topological polar surface area (TPSA) is 31.0 Å². The number of furan rings is 1. The Kier molecular flexibility index (Phi) is 7.47. The molecule has 0 saturated carbocycles. The molecule has 3 nitrogen and oxygen atoms in total. The molecule has 284 valence electrons. The molecule has 6 aromatic carbocycles. The predicted molar refractivity (Wildman–Crippen MR) is 249 cm³/mol. The molecule has 2 aliphatic rings. The molecule has 0 fully saturated rings. The van der Waals surface area contributed by atoms with Crippen LogP contribution in [0.1, 0.15) is 79.0 Å². The summed E-state index contributed by atoms with van der Waals surface area (Å²) in [7, 11) is 0. The fourth-order valence-electron chi connectivity index (χ4n) is 9.52. The van der Waals surface area contributed by atoms with Crippen molar-refractivity contribution < 1.29 is 4.42 Å². The van der Waals surface area contributed by atoms with Crippen LogP contribution in [-0.4, -0.2) is 31.2 Å². The van der Waals surface area contributed by atoms with Crippen molar-refractivity contribution in [2.45, 2.75) is 78.6 Å². The van der Waals surface area contributed by atoms with E-state index in [2.05, 4.69) is 175 Å². The number of pyridine rings is 1. The van der Waals surface area contributed by atoms with Crippen LogP contribution >= 0.6 is 0 Å². The number of benzene rings is 6. The first-order valence-corrected chi connectivity index (χ1v) is 22.4. The van der Waals surface area contributed by atoms with Gasteiger partial charge in [-0.15, -0.1) is 0 Å². The molecule has 11 rings (SSSR count). The molecule has 0 amide bonds. The molecule has 0 bridgehead atoms. The molecule has 0 atom stereocenters. The monoisotopic (exact) mass is 818 g/mol. The summed E-state index contributed by atoms with van der Waals surface area (Å²) in [5.41, 5.74) is 18.7. The maximum atomic E-state index is 6.76. The van der Waals surface area contributed by atoms with Crippen molar-refractivity contribution in [3.05, 3.63) is 138 Å². The second-order valence-electron chi connectivity index (χ2n) is 19.7. The molecule has 2 aliphatic heterocycles. The van der Waals surface area contributed by atoms with Crippen LogP contribution in [0.5, 0.6) is 0 Å². The Morgan fingerprint density at radius 3 is 2.07 bits per heavy atom. The van der Waals surface area contributed by atoms with Crippen LogP contribution in [-0.2, 0) is 16.2 Å². The van der Waals surface area contributed by atoms with E-state index in [-0.39, 0.29) is 37.9 Å². The second-order valence-corrected chi connectivity index (χ2v) is 22.0. The molecule has 5 heterocycles. The van der Waals surface area contributed by atoms with Gasteiger partial charge < -0.3 is 0 Å². The van der Waals surface area contributed by atoms with Gasteiger partial charge in [0, 0.05) is 0 Å². The van der Waals surface area contributed by atoms with Gasteiger partial charge in [0.05, 0.1) is 0 Å². The zero-order valence-corrected chi connectivity index (χ0v) is 36.5. The van der Waals surface area contributed by atoms with E-state index in [9.17, 15) is 0 Å². The molecule has 0 radical (unpaired) electrons. The molecule has 0 spiro atoms. The van der Waals surface area contributed by atoms with Gasteiger partial charge in [0.25, 0.3) is 0 Å². The van der Waals surface area contributed by atoms with Crippen LogP contribution in [0.4, 0.5) is 0 Å². The molecule has 5 heteroatoms. The summed E-state index contributed by atoms with van der Waals surface area (Å²) in [5, 5.41) is 4.94. The van der Waals surface area contributed by atoms with Gasteiger partial charge in [0.2, 0.25) is 0 Å². The molecule has 3 aromatic heterocycles. The minimum absolute atomic E-state index is 0.00389. The van der Waals surface area contributed by atoms with Gasteiger partial charge in [-0.1, -0.05) is 0 Å². The molecular weight excluding hydrogens is 770 g/mol. The van der Waals surface area contributed by atoms with E-state index < -0.39 is 0 Å². The number of rotatable bonds is 2. The maximum absolute atomic E-state index is 6.76. The van der Waals surface area contributed by atoms with Gasteiger partial charge in [0.1, 0.15) is 0 Å². The van der Waals surface area contributed by atoms with Gasteiger partial charge in [0.15, 0.2) is 0 Å². The third-order valence-corrected chi connectivity index (χ3v) is 15.2. The van der Waals surface area contributed by atoms with Gasteiger partial charge in [-0.25, -0.2) is 0 Å². The Morgan fingerprint density at radius 1 is 0.569 bits per heavy atom. The fourth-order valence-corrected chi connectivity index (χ4v) is 12.0. The summed E-state index contributed by atoms with van der Waals surface area (Å²) in [5.74, 6) is 0. The van der Waals surface area contributed by atoms with Crippen molar-refractivity contribution >= 4 is 90.7 Å². The first-order valence-electron chi connectivity index (χ1n) is 20.6. The minimum atomic E-state index is -0.00389. The van der Waals surface area contributed by atoms with E-state index in [1.165, 1.54) is 80.6 Å². The summed E-state index contributed by atoms with van der Waals surface area (Å²) in [4.78, 5) is 4.66. The molecular formula is C53H47BN2OSe. The van der Waals surface area contributed by atoms with Crippen molar-refractivity contribution in [1.82, 2.24) is 9.55 Å². The van der Waals surface area contributed by atoms with Crippen molar-refractivity contribution in [2.24, 2.45) is 0 Å². The number of para-hydroxylation sites is 1. The van der Waals surface area contributed by atoms with E-state index in [1.54, 1.807) is 0 Å². The Hall–Kier alpha value is -5.35. The molecule has 0 saturated heterocycles. The quantitative estimate of drug-likeness (QED) is 0.163. The van der Waals surface area contributed by atoms with Crippen LogP contribution in [0.15, 0.2) is 126 Å². The second kappa shape index (κ2) is 12.1. The van der Waals surface area contributed by atoms with Gasteiger partial charge in [-0.05, 0) is 6.07 Å². The van der Waals surface area contributed by atoms with Crippen molar-refractivity contribution in [2.75, 3.05) is 0 Å². The standard InChI is InChI=1S/C53H47BN2OSe/c1-51(2,3)32-17-20-43-38(26-32)39-27-34(53(7,8)9)29-41-49(39)56(43)44-23-31(25-47-48(44)54(41)40-28-33(52(4,5)6)18-21-46(40)58-47)30-16-19-35-36-13-12-14-37(42-15-10-11-22-55-42)50(36)57-45(35)24-30/h10-29H,1-9H3. The summed E-state index contributed by atoms with van der Waals surface area (Å²) >= 11 is 0.129. The first-order chi connectivity index (χ1) is 27.6. The molecule has 0 aliphatic carbocycles. The normalized spacial score (nSPS) is 13.8. The third-order valence-electron chi connectivity index (χ3n) is 12.8. The van der Waals surface area contributed by atoms with Crippen LogP contribution in [0.3, 0.4) is 0 Å². The van der Waals surface area contributed by atoms with Gasteiger partial charge >= 0.3 is 343 Å². The van der Waals surface area contributed by atoms with Crippen LogP contribution in [0.2, 0.25) is 0 Å². The van der Waals surface area contributed by atoms with Crippen molar-refractivity contribution in [1.29, 1.82) is 0 Å². The zero-order chi connectivity index (χ0) is 40.0. The summed E-state index contributed by atoms with van der Waals surface area (Å²) in [6.07, 6.45) is 1.85. The first kappa shape index (κ1) is 35.8. The van der Waals surface area contributed by atoms with Crippen LogP contribution in [0.25, 0.3) is 71.8 Å².